The molecule has 1 aromatic carbocycles. The molecule has 0 aliphatic heterocycles. The number of carbonyl (C=O) groups excluding carboxylic acids is 1. The zero-order chi connectivity index (χ0) is 20.8. The third-order valence-corrected chi connectivity index (χ3v) is 6.65. The predicted octanol–water partition coefficient (Wildman–Crippen LogP) is 3.91. The van der Waals surface area contributed by atoms with Crippen molar-refractivity contribution in [3.05, 3.63) is 50.6 Å². The van der Waals surface area contributed by atoms with E-state index in [0.29, 0.717) is 21.8 Å². The van der Waals surface area contributed by atoms with Crippen LogP contribution in [0.2, 0.25) is 0 Å². The molecule has 7 heteroatoms. The minimum Gasteiger partial charge on any atom is -0.324 e. The number of fused-ring (bicyclic) bond motifs is 3. The molecule has 6 nitrogen and oxygen atoms in total. The van der Waals surface area contributed by atoms with E-state index in [9.17, 15) is 9.59 Å². The first kappa shape index (κ1) is 19.8. The van der Waals surface area contributed by atoms with Gasteiger partial charge >= 0.3 is 0 Å². The summed E-state index contributed by atoms with van der Waals surface area (Å²) in [5.41, 5.74) is 2.83. The molecule has 2 aromatic heterocycles. The molecular weight excluding hydrogens is 384 g/mol. The lowest BCUT2D eigenvalue weighted by Gasteiger charge is -2.19. The molecule has 4 rings (SSSR count). The maximum absolute atomic E-state index is 13.0. The molecule has 0 radical (unpaired) electrons. The lowest BCUT2D eigenvalue weighted by Crippen LogP contribution is -2.30. The van der Waals surface area contributed by atoms with Gasteiger partial charge in [-0.2, -0.15) is 0 Å². The average Bonchev–Trinajstić information content (AvgIpc) is 3.02. The maximum atomic E-state index is 13.0. The number of nitrogens with one attached hydrogen (secondary N) is 1. The number of aryl methyl sites for hydroxylation is 1. The van der Waals surface area contributed by atoms with Crippen molar-refractivity contribution in [1.29, 1.82) is 0 Å². The van der Waals surface area contributed by atoms with Crippen molar-refractivity contribution in [2.45, 2.75) is 58.9 Å². The first-order chi connectivity index (χ1) is 13.7. The number of rotatable bonds is 3. The van der Waals surface area contributed by atoms with Gasteiger partial charge in [-0.25, -0.2) is 4.68 Å². The van der Waals surface area contributed by atoms with Crippen LogP contribution in [0.15, 0.2) is 29.1 Å². The number of hydrogen-bond acceptors (Lipinski definition) is 5. The number of amides is 1. The van der Waals surface area contributed by atoms with Gasteiger partial charge in [0, 0.05) is 10.6 Å². The second kappa shape index (κ2) is 7.37. The topological polar surface area (TPSA) is 76.9 Å². The lowest BCUT2D eigenvalue weighted by molar-refractivity contribution is -0.117. The van der Waals surface area contributed by atoms with Crippen molar-refractivity contribution >= 4 is 33.1 Å². The summed E-state index contributed by atoms with van der Waals surface area (Å²) in [6, 6.07) is 7.78. The second-order valence-electron chi connectivity index (χ2n) is 8.96. The fourth-order valence-electron chi connectivity index (χ4n) is 3.79. The SMILES string of the molecule is C[C@@H]1CCc2c(sc3nnn(CC(=O)Nc4ccc(C(C)(C)C)cc4)c(=O)c23)C1. The van der Waals surface area contributed by atoms with Gasteiger partial charge in [-0.3, -0.25) is 9.59 Å². The smallest absolute Gasteiger partial charge is 0.279 e. The molecule has 3 aromatic rings. The van der Waals surface area contributed by atoms with Crippen LogP contribution in [0, 0.1) is 5.92 Å². The lowest BCUT2D eigenvalue weighted by atomic mass is 9.87. The van der Waals surface area contributed by atoms with Crippen LogP contribution in [0.1, 0.15) is 50.1 Å². The number of thiophene rings is 1. The fourth-order valence-corrected chi connectivity index (χ4v) is 5.10. The number of nitrogens with zero attached hydrogens (tertiary/aromatic N) is 3. The van der Waals surface area contributed by atoms with Gasteiger partial charge in [-0.05, 0) is 53.9 Å². The highest BCUT2D eigenvalue weighted by molar-refractivity contribution is 7.18. The third-order valence-electron chi connectivity index (χ3n) is 5.51. The molecule has 152 valence electrons. The first-order valence-electron chi connectivity index (χ1n) is 10.0. The maximum Gasteiger partial charge on any atom is 0.279 e. The van der Waals surface area contributed by atoms with Gasteiger partial charge < -0.3 is 5.32 Å². The summed E-state index contributed by atoms with van der Waals surface area (Å²) >= 11 is 1.56. The van der Waals surface area contributed by atoms with Gasteiger partial charge in [0.1, 0.15) is 6.54 Å². The summed E-state index contributed by atoms with van der Waals surface area (Å²) < 4.78 is 1.17. The minimum absolute atomic E-state index is 0.0539. The van der Waals surface area contributed by atoms with Crippen LogP contribution in [-0.2, 0) is 29.6 Å². The molecule has 0 saturated heterocycles. The molecule has 0 unspecified atom stereocenters. The van der Waals surface area contributed by atoms with Gasteiger partial charge in [-0.15, -0.1) is 16.4 Å². The van der Waals surface area contributed by atoms with Crippen LogP contribution in [-0.4, -0.2) is 20.9 Å². The number of anilines is 1. The molecule has 1 N–H and O–H groups in total. The molecule has 1 amide bonds. The molecule has 1 aliphatic carbocycles. The molecule has 1 aliphatic rings. The number of aromatic nitrogens is 3. The number of carbonyl (C=O) groups is 1. The van der Waals surface area contributed by atoms with E-state index >= 15 is 0 Å². The molecule has 29 heavy (non-hydrogen) atoms. The molecule has 0 bridgehead atoms. The van der Waals surface area contributed by atoms with Crippen molar-refractivity contribution in [3.63, 3.8) is 0 Å². The molecule has 0 saturated carbocycles. The Balaban J connectivity index is 1.54. The molecule has 0 fully saturated rings. The average molecular weight is 411 g/mol. The van der Waals surface area contributed by atoms with E-state index in [1.165, 1.54) is 15.1 Å². The van der Waals surface area contributed by atoms with Crippen molar-refractivity contribution in [2.24, 2.45) is 5.92 Å². The van der Waals surface area contributed by atoms with Crippen LogP contribution < -0.4 is 10.9 Å². The Morgan fingerprint density at radius 1 is 1.28 bits per heavy atom. The van der Waals surface area contributed by atoms with E-state index < -0.39 is 0 Å². The Morgan fingerprint density at radius 3 is 2.69 bits per heavy atom. The van der Waals surface area contributed by atoms with Gasteiger partial charge in [-0.1, -0.05) is 45.0 Å². The summed E-state index contributed by atoms with van der Waals surface area (Å²) in [6.07, 6.45) is 2.95. The first-order valence-corrected chi connectivity index (χ1v) is 10.8. The van der Waals surface area contributed by atoms with E-state index in [0.717, 1.165) is 24.8 Å². The molecule has 0 spiro atoms. The van der Waals surface area contributed by atoms with Crippen molar-refractivity contribution in [3.8, 4) is 0 Å². The van der Waals surface area contributed by atoms with Gasteiger partial charge in [0.25, 0.3) is 5.56 Å². The molecular formula is C22H26N4O2S. The Morgan fingerprint density at radius 2 is 2.00 bits per heavy atom. The monoisotopic (exact) mass is 410 g/mol. The summed E-state index contributed by atoms with van der Waals surface area (Å²) in [5.74, 6) is 0.336. The standard InChI is InChI=1S/C22H26N4O2S/c1-13-5-10-16-17(11-13)29-20-19(16)21(28)26(25-24-20)12-18(27)23-15-8-6-14(7-9-15)22(2,3)4/h6-9,13H,5,10-12H2,1-4H3,(H,23,27)/t13-/m1/s1. The fraction of sp³-hybridized carbons (Fsp3) is 0.455. The zero-order valence-electron chi connectivity index (χ0n) is 17.3. The Labute approximate surface area is 173 Å². The molecule has 2 heterocycles. The van der Waals surface area contributed by atoms with Crippen LogP contribution in [0.3, 0.4) is 0 Å². The summed E-state index contributed by atoms with van der Waals surface area (Å²) in [7, 11) is 0. The Kier molecular flexibility index (Phi) is 5.02. The summed E-state index contributed by atoms with van der Waals surface area (Å²) in [5, 5.41) is 11.7. The number of hydrogen-bond donors (Lipinski definition) is 1. The van der Waals surface area contributed by atoms with Gasteiger partial charge in [0.05, 0.1) is 5.39 Å². The van der Waals surface area contributed by atoms with Crippen LogP contribution in [0.5, 0.6) is 0 Å². The van der Waals surface area contributed by atoms with Crippen molar-refractivity contribution in [2.75, 3.05) is 5.32 Å². The summed E-state index contributed by atoms with van der Waals surface area (Å²) in [4.78, 5) is 27.4. The largest absolute Gasteiger partial charge is 0.324 e. The van der Waals surface area contributed by atoms with E-state index in [1.54, 1.807) is 11.3 Å². The van der Waals surface area contributed by atoms with Crippen LogP contribution in [0.25, 0.3) is 10.2 Å². The highest BCUT2D eigenvalue weighted by atomic mass is 32.1. The summed E-state index contributed by atoms with van der Waals surface area (Å²) in [6.45, 7) is 8.52. The Hall–Kier alpha value is -2.54. The van der Waals surface area contributed by atoms with E-state index in [2.05, 4.69) is 43.3 Å². The third kappa shape index (κ3) is 3.96. The highest BCUT2D eigenvalue weighted by Gasteiger charge is 2.24. The van der Waals surface area contributed by atoms with Gasteiger partial charge in [0.15, 0.2) is 4.83 Å². The van der Waals surface area contributed by atoms with Crippen LogP contribution in [0.4, 0.5) is 5.69 Å². The van der Waals surface area contributed by atoms with Crippen molar-refractivity contribution < 1.29 is 4.79 Å². The van der Waals surface area contributed by atoms with Crippen LogP contribution >= 0.6 is 11.3 Å². The normalized spacial score (nSPS) is 16.6. The minimum atomic E-state index is -0.290. The quantitative estimate of drug-likeness (QED) is 0.710. The van der Waals surface area contributed by atoms with Gasteiger partial charge in [0.2, 0.25) is 5.91 Å². The molecule has 1 atom stereocenters. The van der Waals surface area contributed by atoms with E-state index in [4.69, 9.17) is 0 Å². The Bertz CT molecular complexity index is 1120. The van der Waals surface area contributed by atoms with E-state index in [-0.39, 0.29) is 23.4 Å². The van der Waals surface area contributed by atoms with Crippen molar-refractivity contribution in [1.82, 2.24) is 15.0 Å². The predicted molar refractivity (Wildman–Crippen MR) is 117 cm³/mol. The zero-order valence-corrected chi connectivity index (χ0v) is 18.1. The highest BCUT2D eigenvalue weighted by Crippen LogP contribution is 2.35. The number of benzene rings is 1. The van der Waals surface area contributed by atoms with E-state index in [1.807, 2.05) is 24.3 Å². The second-order valence-corrected chi connectivity index (χ2v) is 10.0.